The summed E-state index contributed by atoms with van der Waals surface area (Å²) < 4.78 is 0. The van der Waals surface area contributed by atoms with Crippen molar-refractivity contribution in [1.82, 2.24) is 20.4 Å². The summed E-state index contributed by atoms with van der Waals surface area (Å²) >= 11 is 4.10. The van der Waals surface area contributed by atoms with E-state index in [-0.39, 0.29) is 11.8 Å². The summed E-state index contributed by atoms with van der Waals surface area (Å²) in [5.74, 6) is 1.10. The Hall–Kier alpha value is -1.59. The Bertz CT molecular complexity index is 509. The Balaban J connectivity index is 1.51. The highest BCUT2D eigenvalue weighted by Gasteiger charge is 2.06. The van der Waals surface area contributed by atoms with Gasteiger partial charge in [0.15, 0.2) is 0 Å². The number of hydrogen-bond acceptors (Lipinski definition) is 9. The average Bonchev–Trinajstić information content (AvgIpc) is 3.12. The number of nitrogens with one attached hydrogen (secondary N) is 2. The van der Waals surface area contributed by atoms with Crippen molar-refractivity contribution in [3.8, 4) is 0 Å². The van der Waals surface area contributed by atoms with Crippen LogP contribution in [0.2, 0.25) is 0 Å². The number of carbonyl (C=O) groups is 2. The number of hydrogen-bond donors (Lipinski definition) is 2. The fraction of sp³-hybridized carbons (Fsp3) is 0.400. The van der Waals surface area contributed by atoms with Gasteiger partial charge in [-0.15, -0.1) is 20.4 Å². The van der Waals surface area contributed by atoms with Crippen molar-refractivity contribution < 1.29 is 9.59 Å². The van der Waals surface area contributed by atoms with E-state index in [4.69, 9.17) is 0 Å². The van der Waals surface area contributed by atoms with E-state index in [1.54, 1.807) is 22.8 Å². The van der Waals surface area contributed by atoms with Crippen molar-refractivity contribution >= 4 is 56.5 Å². The fourth-order valence-corrected chi connectivity index (χ4v) is 3.04. The van der Waals surface area contributed by atoms with Crippen molar-refractivity contribution in [3.05, 3.63) is 11.0 Å². The molecule has 0 bridgehead atoms. The van der Waals surface area contributed by atoms with Crippen LogP contribution in [0, 0.1) is 0 Å². The SMILES string of the molecule is O=C(CCSCCC(=O)Nc1nncs1)Nc1nncs1. The summed E-state index contributed by atoms with van der Waals surface area (Å²) in [4.78, 5) is 23.1. The zero-order valence-corrected chi connectivity index (χ0v) is 13.3. The molecule has 0 aliphatic heterocycles. The molecule has 0 fully saturated rings. The second-order valence-electron chi connectivity index (χ2n) is 3.70. The fourth-order valence-electron chi connectivity index (χ4n) is 1.25. The first-order chi connectivity index (χ1) is 10.2. The summed E-state index contributed by atoms with van der Waals surface area (Å²) in [6.45, 7) is 0. The Morgan fingerprint density at radius 3 is 1.81 bits per heavy atom. The Morgan fingerprint density at radius 1 is 0.952 bits per heavy atom. The van der Waals surface area contributed by atoms with E-state index in [0.29, 0.717) is 34.6 Å². The molecule has 2 aromatic rings. The van der Waals surface area contributed by atoms with Crippen LogP contribution >= 0.6 is 34.4 Å². The van der Waals surface area contributed by atoms with Crippen molar-refractivity contribution in [2.45, 2.75) is 12.8 Å². The van der Waals surface area contributed by atoms with Crippen LogP contribution in [0.5, 0.6) is 0 Å². The van der Waals surface area contributed by atoms with Gasteiger partial charge in [0.05, 0.1) is 0 Å². The van der Waals surface area contributed by atoms with Gasteiger partial charge < -0.3 is 10.6 Å². The molecule has 0 unspecified atom stereocenters. The molecule has 21 heavy (non-hydrogen) atoms. The van der Waals surface area contributed by atoms with Gasteiger partial charge in [-0.25, -0.2) is 0 Å². The van der Waals surface area contributed by atoms with Crippen LogP contribution in [0.25, 0.3) is 0 Å². The van der Waals surface area contributed by atoms with Gasteiger partial charge in [-0.3, -0.25) is 9.59 Å². The van der Waals surface area contributed by atoms with Crippen LogP contribution in [0.15, 0.2) is 11.0 Å². The minimum Gasteiger partial charge on any atom is -0.301 e. The predicted octanol–water partition coefficient (Wildman–Crippen LogP) is 1.48. The zero-order chi connectivity index (χ0) is 14.9. The molecule has 2 amide bonds. The molecule has 0 radical (unpaired) electrons. The maximum absolute atomic E-state index is 11.5. The van der Waals surface area contributed by atoms with Gasteiger partial charge in [-0.1, -0.05) is 22.7 Å². The van der Waals surface area contributed by atoms with E-state index in [2.05, 4.69) is 31.0 Å². The van der Waals surface area contributed by atoms with Crippen LogP contribution in [0.4, 0.5) is 10.3 Å². The van der Waals surface area contributed by atoms with Crippen molar-refractivity contribution in [2.24, 2.45) is 0 Å². The first-order valence-electron chi connectivity index (χ1n) is 5.94. The maximum Gasteiger partial charge on any atom is 0.227 e. The summed E-state index contributed by atoms with van der Waals surface area (Å²) in [6, 6.07) is 0. The lowest BCUT2D eigenvalue weighted by Gasteiger charge is -2.02. The first-order valence-corrected chi connectivity index (χ1v) is 8.85. The third-order valence-electron chi connectivity index (χ3n) is 2.16. The normalized spacial score (nSPS) is 10.3. The van der Waals surface area contributed by atoms with E-state index in [1.165, 1.54) is 22.7 Å². The molecule has 0 spiro atoms. The first kappa shape index (κ1) is 15.8. The number of nitrogens with zero attached hydrogens (tertiary/aromatic N) is 4. The summed E-state index contributed by atoms with van der Waals surface area (Å²) in [7, 11) is 0. The van der Waals surface area contributed by atoms with E-state index in [1.807, 2.05) is 0 Å². The maximum atomic E-state index is 11.5. The number of carbonyl (C=O) groups excluding carboxylic acids is 2. The molecular weight excluding hydrogens is 332 g/mol. The van der Waals surface area contributed by atoms with Gasteiger partial charge in [-0.2, -0.15) is 11.8 Å². The minimum atomic E-state index is -0.0995. The summed E-state index contributed by atoms with van der Waals surface area (Å²) in [5.41, 5.74) is 3.11. The molecule has 2 aromatic heterocycles. The van der Waals surface area contributed by atoms with E-state index in [0.717, 1.165) is 0 Å². The molecule has 0 aliphatic carbocycles. The Labute approximate surface area is 132 Å². The number of thioether (sulfide) groups is 1. The second kappa shape index (κ2) is 8.64. The molecule has 0 saturated carbocycles. The quantitative estimate of drug-likeness (QED) is 0.698. The molecular formula is C10H12N6O2S3. The van der Waals surface area contributed by atoms with Crippen LogP contribution < -0.4 is 10.6 Å². The van der Waals surface area contributed by atoms with Crippen LogP contribution in [-0.2, 0) is 9.59 Å². The minimum absolute atomic E-state index is 0.0995. The molecule has 0 atom stereocenters. The Kier molecular flexibility index (Phi) is 6.50. The number of rotatable bonds is 8. The van der Waals surface area contributed by atoms with Gasteiger partial charge >= 0.3 is 0 Å². The summed E-state index contributed by atoms with van der Waals surface area (Å²) in [6.07, 6.45) is 0.754. The molecule has 8 nitrogen and oxygen atoms in total. The highest BCUT2D eigenvalue weighted by atomic mass is 32.2. The third-order valence-corrected chi connectivity index (χ3v) is 4.36. The van der Waals surface area contributed by atoms with Gasteiger partial charge in [-0.05, 0) is 0 Å². The monoisotopic (exact) mass is 344 g/mol. The van der Waals surface area contributed by atoms with E-state index in [9.17, 15) is 9.59 Å². The van der Waals surface area contributed by atoms with Crippen molar-refractivity contribution in [1.29, 1.82) is 0 Å². The number of aromatic nitrogens is 4. The molecule has 11 heteroatoms. The van der Waals surface area contributed by atoms with Crippen molar-refractivity contribution in [3.63, 3.8) is 0 Å². The van der Waals surface area contributed by atoms with E-state index >= 15 is 0 Å². The lowest BCUT2D eigenvalue weighted by molar-refractivity contribution is -0.116. The standard InChI is InChI=1S/C10H12N6O2S3/c17-7(13-9-15-11-5-20-9)1-3-19-4-2-8(18)14-10-16-12-6-21-10/h5-6H,1-4H2,(H,13,15,17)(H,14,16,18). The lowest BCUT2D eigenvalue weighted by atomic mass is 10.4. The van der Waals surface area contributed by atoms with E-state index < -0.39 is 0 Å². The highest BCUT2D eigenvalue weighted by Crippen LogP contribution is 2.11. The van der Waals surface area contributed by atoms with Crippen LogP contribution in [-0.4, -0.2) is 43.7 Å². The largest absolute Gasteiger partial charge is 0.301 e. The van der Waals surface area contributed by atoms with Gasteiger partial charge in [0.1, 0.15) is 11.0 Å². The molecule has 0 aliphatic rings. The van der Waals surface area contributed by atoms with Gasteiger partial charge in [0, 0.05) is 24.3 Å². The molecule has 2 N–H and O–H groups in total. The van der Waals surface area contributed by atoms with Crippen molar-refractivity contribution in [2.75, 3.05) is 22.1 Å². The number of anilines is 2. The molecule has 0 saturated heterocycles. The van der Waals surface area contributed by atoms with Gasteiger partial charge in [0.25, 0.3) is 0 Å². The molecule has 112 valence electrons. The lowest BCUT2D eigenvalue weighted by Crippen LogP contribution is -2.13. The Morgan fingerprint density at radius 2 is 1.43 bits per heavy atom. The van der Waals surface area contributed by atoms with Crippen LogP contribution in [0.1, 0.15) is 12.8 Å². The van der Waals surface area contributed by atoms with Crippen LogP contribution in [0.3, 0.4) is 0 Å². The zero-order valence-electron chi connectivity index (χ0n) is 10.8. The molecule has 0 aromatic carbocycles. The highest BCUT2D eigenvalue weighted by molar-refractivity contribution is 7.99. The van der Waals surface area contributed by atoms with Gasteiger partial charge in [0.2, 0.25) is 22.1 Å². The molecule has 2 rings (SSSR count). The number of amides is 2. The smallest absolute Gasteiger partial charge is 0.227 e. The second-order valence-corrected chi connectivity index (χ2v) is 6.59. The molecule has 2 heterocycles. The summed E-state index contributed by atoms with van der Waals surface area (Å²) in [5, 5.41) is 21.0. The topological polar surface area (TPSA) is 110 Å². The average molecular weight is 344 g/mol. The predicted molar refractivity (Wildman–Crippen MR) is 83.6 cm³/mol. The third kappa shape index (κ3) is 6.14.